The summed E-state index contributed by atoms with van der Waals surface area (Å²) >= 11 is 0. The summed E-state index contributed by atoms with van der Waals surface area (Å²) in [6.45, 7) is 2.90. The van der Waals surface area contributed by atoms with Gasteiger partial charge in [-0.1, -0.05) is 0 Å². The van der Waals surface area contributed by atoms with Crippen molar-refractivity contribution in [1.29, 1.82) is 0 Å². The normalized spacial score (nSPS) is 10.1. The van der Waals surface area contributed by atoms with Crippen LogP contribution in [0.3, 0.4) is 0 Å². The zero-order valence-electron chi connectivity index (χ0n) is 13.9. The highest BCUT2D eigenvalue weighted by Gasteiger charge is 2.13. The molecule has 0 aromatic carbocycles. The largest absolute Gasteiger partial charge is 0.506 e. The number of aromatic nitrogens is 2. The van der Waals surface area contributed by atoms with Crippen LogP contribution in [0, 0.1) is 13.8 Å². The van der Waals surface area contributed by atoms with Gasteiger partial charge in [0, 0.05) is 34.6 Å². The van der Waals surface area contributed by atoms with Crippen LogP contribution in [-0.4, -0.2) is 30.4 Å². The zero-order valence-corrected chi connectivity index (χ0v) is 15.5. The number of halogens is 2. The molecule has 140 valence electrons. The number of pyridine rings is 2. The molecule has 2 heterocycles. The van der Waals surface area contributed by atoms with Gasteiger partial charge in [-0.15, -0.1) is 24.8 Å². The Morgan fingerprint density at radius 1 is 0.800 bits per heavy atom. The van der Waals surface area contributed by atoms with Crippen molar-refractivity contribution >= 4 is 24.8 Å². The number of hydrogen-bond acceptors (Lipinski definition) is 7. The van der Waals surface area contributed by atoms with E-state index in [2.05, 4.69) is 9.97 Å². The summed E-state index contributed by atoms with van der Waals surface area (Å²) in [4.78, 5) is 8.08. The Bertz CT molecular complexity index is 654. The molecule has 2 rings (SSSR count). The number of aliphatic hydroxyl groups excluding tert-OH is 2. The van der Waals surface area contributed by atoms with Crippen molar-refractivity contribution in [3.05, 3.63) is 46.0 Å². The van der Waals surface area contributed by atoms with Crippen molar-refractivity contribution < 1.29 is 25.2 Å². The van der Waals surface area contributed by atoms with Crippen LogP contribution in [0.15, 0.2) is 12.4 Å². The Hall–Kier alpha value is -1.64. The smallest absolute Gasteiger partial charge is 0.142 e. The summed E-state index contributed by atoms with van der Waals surface area (Å²) in [6, 6.07) is 0. The lowest BCUT2D eigenvalue weighted by atomic mass is 10.1. The highest BCUT2D eigenvalue weighted by molar-refractivity contribution is 5.85. The van der Waals surface area contributed by atoms with Crippen LogP contribution < -0.4 is 0 Å². The van der Waals surface area contributed by atoms with Crippen molar-refractivity contribution in [3.63, 3.8) is 0 Å². The minimum absolute atomic E-state index is 0. The van der Waals surface area contributed by atoms with Crippen LogP contribution in [0.25, 0.3) is 0 Å². The molecule has 2 aromatic heterocycles. The van der Waals surface area contributed by atoms with Gasteiger partial charge in [0.25, 0.3) is 0 Å². The van der Waals surface area contributed by atoms with Crippen molar-refractivity contribution in [1.82, 2.24) is 9.97 Å². The Balaban J connectivity index is 0.00000288. The Morgan fingerprint density at radius 2 is 1.16 bits per heavy atom. The molecule has 0 aliphatic heterocycles. The fraction of sp³-hybridized carbons (Fsp3) is 0.375. The molecule has 0 spiro atoms. The lowest BCUT2D eigenvalue weighted by Crippen LogP contribution is -2.04. The highest BCUT2D eigenvalue weighted by Crippen LogP contribution is 2.26. The fourth-order valence-electron chi connectivity index (χ4n) is 2.24. The number of hydrogen-bond donors (Lipinski definition) is 4. The van der Waals surface area contributed by atoms with Crippen molar-refractivity contribution in [2.75, 3.05) is 0 Å². The average Bonchev–Trinajstić information content (AvgIpc) is 2.54. The molecular weight excluding hydrogens is 371 g/mol. The molecule has 0 bridgehead atoms. The molecule has 0 atom stereocenters. The first kappa shape index (κ1) is 23.4. The molecule has 7 nitrogen and oxygen atoms in total. The Morgan fingerprint density at radius 3 is 1.48 bits per heavy atom. The van der Waals surface area contributed by atoms with E-state index in [-0.39, 0.29) is 62.7 Å². The lowest BCUT2D eigenvalue weighted by Gasteiger charge is -2.13. The maximum atomic E-state index is 9.89. The van der Waals surface area contributed by atoms with E-state index in [0.29, 0.717) is 33.6 Å². The third-order valence-corrected chi connectivity index (χ3v) is 3.69. The third kappa shape index (κ3) is 5.17. The molecule has 0 saturated carbocycles. The summed E-state index contributed by atoms with van der Waals surface area (Å²) in [6.07, 6.45) is 3.08. The topological polar surface area (TPSA) is 116 Å². The molecule has 0 saturated heterocycles. The number of aromatic hydroxyl groups is 2. The van der Waals surface area contributed by atoms with Crippen LogP contribution >= 0.6 is 24.8 Å². The van der Waals surface area contributed by atoms with E-state index < -0.39 is 0 Å². The highest BCUT2D eigenvalue weighted by atomic mass is 35.5. The molecule has 0 radical (unpaired) electrons. The predicted octanol–water partition coefficient (Wildman–Crippen LogP) is 2.05. The van der Waals surface area contributed by atoms with E-state index >= 15 is 0 Å². The van der Waals surface area contributed by atoms with Gasteiger partial charge in [0.05, 0.1) is 37.8 Å². The summed E-state index contributed by atoms with van der Waals surface area (Å²) in [7, 11) is 0. The third-order valence-electron chi connectivity index (χ3n) is 3.69. The predicted molar refractivity (Wildman–Crippen MR) is 96.1 cm³/mol. The molecule has 0 unspecified atom stereocenters. The molecule has 25 heavy (non-hydrogen) atoms. The van der Waals surface area contributed by atoms with Crippen LogP contribution in [-0.2, 0) is 31.2 Å². The molecule has 4 N–H and O–H groups in total. The van der Waals surface area contributed by atoms with E-state index in [4.69, 9.17) is 4.74 Å². The van der Waals surface area contributed by atoms with Gasteiger partial charge in [-0.3, -0.25) is 9.97 Å². The fourth-order valence-corrected chi connectivity index (χ4v) is 2.24. The lowest BCUT2D eigenvalue weighted by molar-refractivity contribution is 0.103. The number of rotatable bonds is 6. The van der Waals surface area contributed by atoms with Crippen molar-refractivity contribution in [3.8, 4) is 11.5 Å². The van der Waals surface area contributed by atoms with Gasteiger partial charge >= 0.3 is 0 Å². The molecule has 0 amide bonds. The first-order valence-electron chi connectivity index (χ1n) is 7.11. The molecule has 9 heteroatoms. The Labute approximate surface area is 158 Å². The molecule has 2 aromatic rings. The van der Waals surface area contributed by atoms with E-state index in [1.54, 1.807) is 26.2 Å². The van der Waals surface area contributed by atoms with Crippen LogP contribution in [0.1, 0.15) is 33.6 Å². The number of aliphatic hydroxyl groups is 2. The molecule has 0 aliphatic rings. The maximum Gasteiger partial charge on any atom is 0.142 e. The second kappa shape index (κ2) is 10.4. The van der Waals surface area contributed by atoms with E-state index in [0.717, 1.165) is 0 Å². The maximum absolute atomic E-state index is 9.89. The van der Waals surface area contributed by atoms with Crippen LogP contribution in [0.5, 0.6) is 11.5 Å². The average molecular weight is 393 g/mol. The molecular formula is C16H22Cl2N2O5. The van der Waals surface area contributed by atoms with Gasteiger partial charge in [0.2, 0.25) is 0 Å². The second-order valence-electron chi connectivity index (χ2n) is 5.20. The van der Waals surface area contributed by atoms with Crippen molar-refractivity contribution in [2.45, 2.75) is 40.3 Å². The van der Waals surface area contributed by atoms with Crippen molar-refractivity contribution in [2.24, 2.45) is 0 Å². The van der Waals surface area contributed by atoms with Crippen LogP contribution in [0.4, 0.5) is 0 Å². The number of nitrogens with zero attached hydrogens (tertiary/aromatic N) is 2. The second-order valence-corrected chi connectivity index (χ2v) is 5.20. The minimum atomic E-state index is -0.317. The van der Waals surface area contributed by atoms with Crippen LogP contribution in [0.2, 0.25) is 0 Å². The SMILES string of the molecule is Cc1ncc(COCc2cnc(C)c(O)c2CO)c(CO)c1O.Cl.Cl. The monoisotopic (exact) mass is 392 g/mol. The van der Waals surface area contributed by atoms with Gasteiger partial charge in [-0.25, -0.2) is 0 Å². The molecule has 0 fully saturated rings. The van der Waals surface area contributed by atoms with Gasteiger partial charge < -0.3 is 25.2 Å². The van der Waals surface area contributed by atoms with Gasteiger partial charge in [0.1, 0.15) is 11.5 Å². The summed E-state index contributed by atoms with van der Waals surface area (Å²) < 4.78 is 5.56. The first-order chi connectivity index (χ1) is 11.0. The van der Waals surface area contributed by atoms with Gasteiger partial charge in [-0.2, -0.15) is 0 Å². The van der Waals surface area contributed by atoms with E-state index in [1.165, 1.54) is 0 Å². The summed E-state index contributed by atoms with van der Waals surface area (Å²) in [5, 5.41) is 38.5. The Kier molecular flexibility index (Phi) is 9.69. The van der Waals surface area contributed by atoms with E-state index in [9.17, 15) is 20.4 Å². The summed E-state index contributed by atoms with van der Waals surface area (Å²) in [5.74, 6) is -0.0846. The summed E-state index contributed by atoms with van der Waals surface area (Å²) in [5.41, 5.74) is 2.78. The number of ether oxygens (including phenoxy) is 1. The standard InChI is InChI=1S/C16H20N2O5.2ClH/c1-9-15(21)13(5-19)11(3-17-9)7-23-8-12-4-18-10(2)16(22)14(12)6-20;;/h3-4,19-22H,5-8H2,1-2H3;2*1H. The minimum Gasteiger partial charge on any atom is -0.506 e. The molecule has 0 aliphatic carbocycles. The quantitative estimate of drug-likeness (QED) is 0.594. The van der Waals surface area contributed by atoms with Gasteiger partial charge in [0.15, 0.2) is 0 Å². The number of aryl methyl sites for hydroxylation is 2. The van der Waals surface area contributed by atoms with E-state index in [1.807, 2.05) is 0 Å². The first-order valence-corrected chi connectivity index (χ1v) is 7.11. The zero-order chi connectivity index (χ0) is 17.0. The van der Waals surface area contributed by atoms with Gasteiger partial charge in [-0.05, 0) is 13.8 Å².